The summed E-state index contributed by atoms with van der Waals surface area (Å²) >= 11 is 0. The zero-order valence-electron chi connectivity index (χ0n) is 11.8. The van der Waals surface area contributed by atoms with Crippen molar-refractivity contribution >= 4 is 16.0 Å². The summed E-state index contributed by atoms with van der Waals surface area (Å²) in [6, 6.07) is 4.32. The summed E-state index contributed by atoms with van der Waals surface area (Å²) in [6.07, 6.45) is 5.11. The van der Waals surface area contributed by atoms with Crippen molar-refractivity contribution in [2.24, 2.45) is 0 Å². The van der Waals surface area contributed by atoms with Crippen LogP contribution in [-0.4, -0.2) is 36.4 Å². The van der Waals surface area contributed by atoms with E-state index in [9.17, 15) is 18.3 Å². The van der Waals surface area contributed by atoms with E-state index in [1.54, 1.807) is 12.1 Å². The Hall–Kier alpha value is -1.40. The number of hydrogen-bond acceptors (Lipinski definition) is 3. The molecule has 2 aliphatic rings. The quantitative estimate of drug-likeness (QED) is 0.924. The number of carboxylic acids is 1. The Kier molecular flexibility index (Phi) is 3.75. The summed E-state index contributed by atoms with van der Waals surface area (Å²) in [5.74, 6) is -1.06. The Morgan fingerprint density at radius 1 is 1.14 bits per heavy atom. The fourth-order valence-electron chi connectivity index (χ4n) is 3.28. The number of carbonyl (C=O) groups is 1. The second-order valence-corrected chi connectivity index (χ2v) is 7.64. The second kappa shape index (κ2) is 5.42. The summed E-state index contributed by atoms with van der Waals surface area (Å²) < 4.78 is 26.5. The normalized spacial score (nSPS) is 23.0. The maximum atomic E-state index is 12.7. The molecule has 1 aromatic rings. The van der Waals surface area contributed by atoms with Gasteiger partial charge in [-0.2, -0.15) is 4.31 Å². The standard InChI is InChI=1S/C15H19NO4S/c17-15(18)14-6-3-9-16(14)21(19,20)13-8-7-11-4-1-2-5-12(11)10-13/h7-8,10,14H,1-6,9H2,(H,17,18)/t14-/m0/s1. The van der Waals surface area contributed by atoms with E-state index in [1.807, 2.05) is 6.07 Å². The van der Waals surface area contributed by atoms with Gasteiger partial charge in [-0.25, -0.2) is 8.42 Å². The summed E-state index contributed by atoms with van der Waals surface area (Å²) in [5.41, 5.74) is 2.31. The van der Waals surface area contributed by atoms with Gasteiger partial charge in [0, 0.05) is 6.54 Å². The summed E-state index contributed by atoms with van der Waals surface area (Å²) in [4.78, 5) is 11.4. The number of benzene rings is 1. The molecule has 1 fully saturated rings. The first-order valence-corrected chi connectivity index (χ1v) is 8.80. The highest BCUT2D eigenvalue weighted by molar-refractivity contribution is 7.89. The molecule has 0 radical (unpaired) electrons. The molecule has 0 bridgehead atoms. The summed E-state index contributed by atoms with van der Waals surface area (Å²) in [5, 5.41) is 9.18. The molecule has 6 heteroatoms. The van der Waals surface area contributed by atoms with Gasteiger partial charge in [0.15, 0.2) is 0 Å². The van der Waals surface area contributed by atoms with E-state index in [-0.39, 0.29) is 11.4 Å². The van der Waals surface area contributed by atoms with Crippen LogP contribution in [-0.2, 0) is 27.7 Å². The van der Waals surface area contributed by atoms with Crippen molar-refractivity contribution in [2.75, 3.05) is 6.54 Å². The van der Waals surface area contributed by atoms with Crippen molar-refractivity contribution in [3.05, 3.63) is 29.3 Å². The van der Waals surface area contributed by atoms with Crippen molar-refractivity contribution in [1.82, 2.24) is 4.31 Å². The van der Waals surface area contributed by atoms with Crippen LogP contribution in [0.15, 0.2) is 23.1 Å². The average molecular weight is 309 g/mol. The predicted octanol–water partition coefficient (Wildman–Crippen LogP) is 1.80. The van der Waals surface area contributed by atoms with Gasteiger partial charge in [0.2, 0.25) is 10.0 Å². The molecule has 1 atom stereocenters. The van der Waals surface area contributed by atoms with Crippen LogP contribution in [0.4, 0.5) is 0 Å². The molecule has 1 aromatic carbocycles. The minimum Gasteiger partial charge on any atom is -0.480 e. The van der Waals surface area contributed by atoms with Crippen LogP contribution < -0.4 is 0 Å². The molecule has 1 heterocycles. The Labute approximate surface area is 124 Å². The molecular formula is C15H19NO4S. The highest BCUT2D eigenvalue weighted by Crippen LogP contribution is 2.29. The predicted molar refractivity (Wildman–Crippen MR) is 77.6 cm³/mol. The third kappa shape index (κ3) is 2.58. The first-order valence-electron chi connectivity index (χ1n) is 7.36. The number of carboxylic acid groups (broad SMARTS) is 1. The number of nitrogens with zero attached hydrogens (tertiary/aromatic N) is 1. The third-order valence-corrected chi connectivity index (χ3v) is 6.32. The van der Waals surface area contributed by atoms with Gasteiger partial charge >= 0.3 is 5.97 Å². The topological polar surface area (TPSA) is 74.7 Å². The lowest BCUT2D eigenvalue weighted by molar-refractivity contribution is -0.140. The maximum Gasteiger partial charge on any atom is 0.322 e. The van der Waals surface area contributed by atoms with E-state index in [4.69, 9.17) is 0 Å². The van der Waals surface area contributed by atoms with E-state index in [0.717, 1.165) is 35.6 Å². The Morgan fingerprint density at radius 2 is 1.86 bits per heavy atom. The van der Waals surface area contributed by atoms with Crippen LogP contribution in [0.3, 0.4) is 0 Å². The Balaban J connectivity index is 1.96. The number of aryl methyl sites for hydroxylation is 2. The third-order valence-electron chi connectivity index (χ3n) is 4.42. The molecule has 0 saturated carbocycles. The molecule has 114 valence electrons. The van der Waals surface area contributed by atoms with E-state index in [1.165, 1.54) is 5.56 Å². The fraction of sp³-hybridized carbons (Fsp3) is 0.533. The van der Waals surface area contributed by atoms with Crippen molar-refractivity contribution in [3.8, 4) is 0 Å². The summed E-state index contributed by atoms with van der Waals surface area (Å²) in [7, 11) is -3.71. The minimum atomic E-state index is -3.71. The van der Waals surface area contributed by atoms with Crippen LogP contribution in [0.1, 0.15) is 36.8 Å². The van der Waals surface area contributed by atoms with Crippen LogP contribution in [0.25, 0.3) is 0 Å². The number of fused-ring (bicyclic) bond motifs is 1. The molecule has 0 unspecified atom stereocenters. The summed E-state index contributed by atoms with van der Waals surface area (Å²) in [6.45, 7) is 0.288. The van der Waals surface area contributed by atoms with Gasteiger partial charge in [0.05, 0.1) is 4.90 Å². The largest absolute Gasteiger partial charge is 0.480 e. The van der Waals surface area contributed by atoms with E-state index in [2.05, 4.69) is 0 Å². The zero-order chi connectivity index (χ0) is 15.0. The van der Waals surface area contributed by atoms with Gasteiger partial charge in [-0.1, -0.05) is 6.07 Å². The SMILES string of the molecule is O=C(O)[C@@H]1CCCN1S(=O)(=O)c1ccc2c(c1)CCCC2. The number of sulfonamides is 1. The lowest BCUT2D eigenvalue weighted by Gasteiger charge is -2.22. The molecule has 0 aromatic heterocycles. The van der Waals surface area contributed by atoms with Gasteiger partial charge in [0.25, 0.3) is 0 Å². The Morgan fingerprint density at radius 3 is 2.57 bits per heavy atom. The van der Waals surface area contributed by atoms with Crippen molar-refractivity contribution in [2.45, 2.75) is 49.5 Å². The molecule has 1 N–H and O–H groups in total. The van der Waals surface area contributed by atoms with Crippen molar-refractivity contribution in [3.63, 3.8) is 0 Å². The van der Waals surface area contributed by atoms with Gasteiger partial charge in [-0.3, -0.25) is 4.79 Å². The van der Waals surface area contributed by atoms with Crippen molar-refractivity contribution in [1.29, 1.82) is 0 Å². The minimum absolute atomic E-state index is 0.233. The van der Waals surface area contributed by atoms with Crippen LogP contribution in [0.2, 0.25) is 0 Å². The smallest absolute Gasteiger partial charge is 0.322 e. The van der Waals surface area contributed by atoms with Crippen LogP contribution in [0.5, 0.6) is 0 Å². The van der Waals surface area contributed by atoms with Gasteiger partial charge < -0.3 is 5.11 Å². The monoisotopic (exact) mass is 309 g/mol. The maximum absolute atomic E-state index is 12.7. The number of aliphatic carboxylic acids is 1. The molecule has 1 aliphatic heterocycles. The molecule has 1 saturated heterocycles. The van der Waals surface area contributed by atoms with Crippen LogP contribution in [0, 0.1) is 0 Å². The fourth-order valence-corrected chi connectivity index (χ4v) is 4.98. The second-order valence-electron chi connectivity index (χ2n) is 5.75. The van der Waals surface area contributed by atoms with Gasteiger partial charge in [-0.15, -0.1) is 0 Å². The van der Waals surface area contributed by atoms with E-state index < -0.39 is 22.0 Å². The first kappa shape index (κ1) is 14.5. The van der Waals surface area contributed by atoms with E-state index in [0.29, 0.717) is 12.8 Å². The van der Waals surface area contributed by atoms with Crippen LogP contribution >= 0.6 is 0 Å². The molecular weight excluding hydrogens is 290 g/mol. The number of hydrogen-bond donors (Lipinski definition) is 1. The lowest BCUT2D eigenvalue weighted by Crippen LogP contribution is -2.40. The highest BCUT2D eigenvalue weighted by atomic mass is 32.2. The molecule has 0 spiro atoms. The average Bonchev–Trinajstić information content (AvgIpc) is 2.97. The molecule has 1 aliphatic carbocycles. The molecule has 5 nitrogen and oxygen atoms in total. The number of rotatable bonds is 3. The van der Waals surface area contributed by atoms with Gasteiger partial charge in [0.1, 0.15) is 6.04 Å². The first-order chi connectivity index (χ1) is 10.00. The zero-order valence-corrected chi connectivity index (χ0v) is 12.6. The molecule has 3 rings (SSSR count). The van der Waals surface area contributed by atoms with Gasteiger partial charge in [-0.05, 0) is 61.8 Å². The van der Waals surface area contributed by atoms with E-state index >= 15 is 0 Å². The Bertz CT molecular complexity index is 668. The van der Waals surface area contributed by atoms with Crippen molar-refractivity contribution < 1.29 is 18.3 Å². The highest BCUT2D eigenvalue weighted by Gasteiger charge is 2.39. The molecule has 0 amide bonds. The lowest BCUT2D eigenvalue weighted by atomic mass is 9.92. The molecule has 21 heavy (non-hydrogen) atoms.